The van der Waals surface area contributed by atoms with Crippen LogP contribution in [0.2, 0.25) is 0 Å². The van der Waals surface area contributed by atoms with E-state index in [4.69, 9.17) is 4.74 Å². The minimum Gasteiger partial charge on any atom is -0.485 e. The van der Waals surface area contributed by atoms with Gasteiger partial charge in [-0.3, -0.25) is 0 Å². The number of thiophene rings is 1. The predicted molar refractivity (Wildman–Crippen MR) is 81.6 cm³/mol. The van der Waals surface area contributed by atoms with E-state index in [9.17, 15) is 8.78 Å². The molecule has 0 aliphatic carbocycles. The molecule has 5 heteroatoms. The molecule has 1 heterocycles. The first-order chi connectivity index (χ1) is 10.0. The fraction of sp³-hybridized carbons (Fsp3) is 0.375. The molecule has 1 aromatic carbocycles. The van der Waals surface area contributed by atoms with Crippen LogP contribution >= 0.6 is 11.3 Å². The van der Waals surface area contributed by atoms with Gasteiger partial charge >= 0.3 is 0 Å². The van der Waals surface area contributed by atoms with E-state index in [1.54, 1.807) is 11.3 Å². The second-order valence-electron chi connectivity index (χ2n) is 5.26. The third kappa shape index (κ3) is 5.10. The Kier molecular flexibility index (Phi) is 5.70. The average Bonchev–Trinajstić information content (AvgIpc) is 2.85. The normalized spacial score (nSPS) is 11.1. The largest absolute Gasteiger partial charge is 0.485 e. The van der Waals surface area contributed by atoms with Gasteiger partial charge in [-0.25, -0.2) is 8.78 Å². The Hall–Kier alpha value is -1.46. The summed E-state index contributed by atoms with van der Waals surface area (Å²) in [5.74, 6) is -0.585. The molecule has 0 aliphatic rings. The average molecular weight is 311 g/mol. The lowest BCUT2D eigenvalue weighted by molar-refractivity contribution is 0.292. The first kappa shape index (κ1) is 15.9. The van der Waals surface area contributed by atoms with Crippen LogP contribution in [0.4, 0.5) is 8.78 Å². The first-order valence-electron chi connectivity index (χ1n) is 6.90. The van der Waals surface area contributed by atoms with Crippen LogP contribution in [0.5, 0.6) is 5.75 Å². The molecule has 2 nitrogen and oxygen atoms in total. The van der Waals surface area contributed by atoms with Gasteiger partial charge in [-0.15, -0.1) is 11.3 Å². The van der Waals surface area contributed by atoms with Crippen molar-refractivity contribution in [1.29, 1.82) is 0 Å². The Morgan fingerprint density at radius 1 is 1.14 bits per heavy atom. The molecule has 2 aromatic rings. The molecule has 0 radical (unpaired) electrons. The predicted octanol–water partition coefficient (Wildman–Crippen LogP) is 4.35. The van der Waals surface area contributed by atoms with Crippen molar-refractivity contribution in [2.24, 2.45) is 5.92 Å². The van der Waals surface area contributed by atoms with Crippen LogP contribution in [0.3, 0.4) is 0 Å². The minimum atomic E-state index is -0.676. The first-order valence-corrected chi connectivity index (χ1v) is 7.72. The summed E-state index contributed by atoms with van der Waals surface area (Å²) in [4.78, 5) is 2.23. The molecule has 0 bridgehead atoms. The summed E-state index contributed by atoms with van der Waals surface area (Å²) in [6.45, 7) is 6.42. The Morgan fingerprint density at radius 3 is 2.62 bits per heavy atom. The van der Waals surface area contributed by atoms with E-state index in [-0.39, 0.29) is 12.4 Å². The molecule has 114 valence electrons. The number of rotatable bonds is 7. The Morgan fingerprint density at radius 2 is 1.90 bits per heavy atom. The highest BCUT2D eigenvalue weighted by Gasteiger charge is 2.06. The highest BCUT2D eigenvalue weighted by Crippen LogP contribution is 2.22. The van der Waals surface area contributed by atoms with E-state index in [0.717, 1.165) is 24.0 Å². The summed E-state index contributed by atoms with van der Waals surface area (Å²) in [5, 5.41) is 3.37. The van der Waals surface area contributed by atoms with Crippen molar-refractivity contribution >= 4 is 11.3 Å². The van der Waals surface area contributed by atoms with Gasteiger partial charge in [0.25, 0.3) is 0 Å². The molecule has 0 saturated heterocycles. The molecule has 0 aliphatic heterocycles. The van der Waals surface area contributed by atoms with Gasteiger partial charge < -0.3 is 10.1 Å². The van der Waals surface area contributed by atoms with Gasteiger partial charge in [0.05, 0.1) is 0 Å². The van der Waals surface area contributed by atoms with Crippen LogP contribution < -0.4 is 10.1 Å². The van der Waals surface area contributed by atoms with E-state index in [1.165, 1.54) is 17.0 Å². The lowest BCUT2D eigenvalue weighted by atomic mass is 10.2. The number of nitrogens with one attached hydrogen (secondary N) is 1. The van der Waals surface area contributed by atoms with Crippen LogP contribution in [-0.4, -0.2) is 6.54 Å². The van der Waals surface area contributed by atoms with E-state index in [1.807, 2.05) is 12.1 Å². The lowest BCUT2D eigenvalue weighted by Gasteiger charge is -2.06. The van der Waals surface area contributed by atoms with Crippen molar-refractivity contribution in [2.75, 3.05) is 6.54 Å². The van der Waals surface area contributed by atoms with E-state index in [2.05, 4.69) is 19.2 Å². The molecular weight excluding hydrogens is 292 g/mol. The minimum absolute atomic E-state index is 0.0734. The molecule has 1 N–H and O–H groups in total. The summed E-state index contributed by atoms with van der Waals surface area (Å²) in [6, 6.07) is 7.33. The van der Waals surface area contributed by atoms with Gasteiger partial charge in [-0.05, 0) is 36.7 Å². The molecule has 0 saturated carbocycles. The monoisotopic (exact) mass is 311 g/mol. The fourth-order valence-corrected chi connectivity index (χ4v) is 2.72. The van der Waals surface area contributed by atoms with Crippen molar-refractivity contribution in [3.8, 4) is 5.75 Å². The standard InChI is InChI=1S/C16H19F2NOS/c1-11(2)8-19-9-13-4-5-14(21-13)10-20-16-6-3-12(17)7-15(16)18/h3-7,11,19H,8-10H2,1-2H3. The number of ether oxygens (including phenoxy) is 1. The highest BCUT2D eigenvalue weighted by atomic mass is 32.1. The van der Waals surface area contributed by atoms with Gasteiger partial charge in [0, 0.05) is 22.4 Å². The van der Waals surface area contributed by atoms with Gasteiger partial charge in [0.15, 0.2) is 11.6 Å². The topological polar surface area (TPSA) is 21.3 Å². The Bertz CT molecular complexity index is 583. The maximum atomic E-state index is 13.4. The molecule has 2 rings (SSSR count). The summed E-state index contributed by atoms with van der Waals surface area (Å²) in [6.07, 6.45) is 0. The van der Waals surface area contributed by atoms with Gasteiger partial charge in [0.2, 0.25) is 0 Å². The van der Waals surface area contributed by atoms with Gasteiger partial charge in [0.1, 0.15) is 12.4 Å². The molecule has 21 heavy (non-hydrogen) atoms. The fourth-order valence-electron chi connectivity index (χ4n) is 1.82. The van der Waals surface area contributed by atoms with Crippen LogP contribution in [0.1, 0.15) is 23.6 Å². The number of halogens is 2. The van der Waals surface area contributed by atoms with Gasteiger partial charge in [-0.1, -0.05) is 13.8 Å². The Labute approximate surface area is 127 Å². The molecule has 1 aromatic heterocycles. The zero-order valence-corrected chi connectivity index (χ0v) is 13.0. The number of hydrogen-bond acceptors (Lipinski definition) is 3. The third-order valence-electron chi connectivity index (χ3n) is 2.83. The quantitative estimate of drug-likeness (QED) is 0.821. The van der Waals surface area contributed by atoms with E-state index < -0.39 is 11.6 Å². The van der Waals surface area contributed by atoms with Crippen molar-refractivity contribution in [3.05, 3.63) is 51.7 Å². The SMILES string of the molecule is CC(C)CNCc1ccc(COc2ccc(F)cc2F)s1. The van der Waals surface area contributed by atoms with Gasteiger partial charge in [-0.2, -0.15) is 0 Å². The molecule has 0 unspecified atom stereocenters. The molecule has 0 spiro atoms. The Balaban J connectivity index is 1.85. The van der Waals surface area contributed by atoms with Crippen molar-refractivity contribution in [1.82, 2.24) is 5.32 Å². The third-order valence-corrected chi connectivity index (χ3v) is 3.89. The lowest BCUT2D eigenvalue weighted by Crippen LogP contribution is -2.18. The zero-order chi connectivity index (χ0) is 15.2. The van der Waals surface area contributed by atoms with Crippen molar-refractivity contribution in [2.45, 2.75) is 27.0 Å². The van der Waals surface area contributed by atoms with Crippen LogP contribution in [0, 0.1) is 17.6 Å². The van der Waals surface area contributed by atoms with Crippen molar-refractivity contribution < 1.29 is 13.5 Å². The van der Waals surface area contributed by atoms with Crippen LogP contribution in [-0.2, 0) is 13.2 Å². The summed E-state index contributed by atoms with van der Waals surface area (Å²) in [7, 11) is 0. The van der Waals surface area contributed by atoms with Crippen LogP contribution in [0.15, 0.2) is 30.3 Å². The highest BCUT2D eigenvalue weighted by molar-refractivity contribution is 7.11. The van der Waals surface area contributed by atoms with Crippen molar-refractivity contribution in [3.63, 3.8) is 0 Å². The second-order valence-corrected chi connectivity index (χ2v) is 6.51. The maximum absolute atomic E-state index is 13.4. The summed E-state index contributed by atoms with van der Waals surface area (Å²) < 4.78 is 31.6. The maximum Gasteiger partial charge on any atom is 0.167 e. The van der Waals surface area contributed by atoms with Crippen LogP contribution in [0.25, 0.3) is 0 Å². The molecule has 0 amide bonds. The second kappa shape index (κ2) is 7.52. The molecule has 0 fully saturated rings. The molecular formula is C16H19F2NOS. The molecule has 0 atom stereocenters. The summed E-state index contributed by atoms with van der Waals surface area (Å²) >= 11 is 1.63. The van der Waals surface area contributed by atoms with E-state index in [0.29, 0.717) is 5.92 Å². The smallest absolute Gasteiger partial charge is 0.167 e. The number of benzene rings is 1. The van der Waals surface area contributed by atoms with E-state index >= 15 is 0 Å². The zero-order valence-electron chi connectivity index (χ0n) is 12.2. The number of hydrogen-bond donors (Lipinski definition) is 1. The summed E-state index contributed by atoms with van der Waals surface area (Å²) in [5.41, 5.74) is 0.